The minimum atomic E-state index is -1.00. The molecule has 0 aromatic heterocycles. The Labute approximate surface area is 206 Å². The monoisotopic (exact) mass is 478 g/mol. The van der Waals surface area contributed by atoms with Gasteiger partial charge >= 0.3 is 12.1 Å². The highest BCUT2D eigenvalue weighted by atomic mass is 16.5. The molecule has 1 unspecified atom stereocenters. The molecule has 1 aliphatic carbocycles. The van der Waals surface area contributed by atoms with E-state index in [1.807, 2.05) is 41.3 Å². The number of carboxylic acid groups (broad SMARTS) is 1. The zero-order valence-corrected chi connectivity index (χ0v) is 20.5. The molecule has 0 saturated carbocycles. The molecule has 2 aromatic carbocycles. The van der Waals surface area contributed by atoms with Crippen LogP contribution >= 0.6 is 0 Å². The lowest BCUT2D eigenvalue weighted by Crippen LogP contribution is -2.55. The molecule has 2 N–H and O–H groups in total. The Balaban J connectivity index is 1.46. The van der Waals surface area contributed by atoms with Crippen LogP contribution in [0.25, 0.3) is 11.1 Å². The van der Waals surface area contributed by atoms with Gasteiger partial charge in [-0.15, -0.1) is 0 Å². The van der Waals surface area contributed by atoms with E-state index in [4.69, 9.17) is 4.74 Å². The van der Waals surface area contributed by atoms with Crippen LogP contribution in [0.3, 0.4) is 0 Å². The van der Waals surface area contributed by atoms with E-state index >= 15 is 0 Å². The molecule has 0 radical (unpaired) electrons. The molecule has 1 saturated heterocycles. The smallest absolute Gasteiger partial charge is 0.407 e. The fourth-order valence-corrected chi connectivity index (χ4v) is 5.76. The lowest BCUT2D eigenvalue weighted by atomic mass is 9.89. The highest BCUT2D eigenvalue weighted by Gasteiger charge is 2.43. The molecule has 2 amide bonds. The van der Waals surface area contributed by atoms with Gasteiger partial charge in [-0.3, -0.25) is 9.59 Å². The van der Waals surface area contributed by atoms with Crippen LogP contribution in [0.1, 0.15) is 69.4 Å². The van der Waals surface area contributed by atoms with Gasteiger partial charge in [0.05, 0.1) is 0 Å². The zero-order valence-electron chi connectivity index (χ0n) is 20.5. The summed E-state index contributed by atoms with van der Waals surface area (Å²) >= 11 is 0. The second kappa shape index (κ2) is 10.5. The summed E-state index contributed by atoms with van der Waals surface area (Å²) in [5.74, 6) is -1.32. The molecule has 186 valence electrons. The van der Waals surface area contributed by atoms with E-state index in [2.05, 4.69) is 31.3 Å². The van der Waals surface area contributed by atoms with Gasteiger partial charge in [0.2, 0.25) is 5.91 Å². The molecule has 1 heterocycles. The average Bonchev–Trinajstić information content (AvgIpc) is 3.44. The fourth-order valence-electron chi connectivity index (χ4n) is 5.76. The number of ether oxygens (including phenoxy) is 1. The summed E-state index contributed by atoms with van der Waals surface area (Å²) in [7, 11) is 0. The Morgan fingerprint density at radius 2 is 1.66 bits per heavy atom. The fraction of sp³-hybridized carbons (Fsp3) is 0.464. The van der Waals surface area contributed by atoms with Crippen LogP contribution in [0.4, 0.5) is 4.79 Å². The third-order valence-corrected chi connectivity index (χ3v) is 7.76. The van der Waals surface area contributed by atoms with Crippen LogP contribution in [0.5, 0.6) is 0 Å². The van der Waals surface area contributed by atoms with Crippen LogP contribution in [0, 0.1) is 0 Å². The summed E-state index contributed by atoms with van der Waals surface area (Å²) in [6, 6.07) is 15.2. The van der Waals surface area contributed by atoms with Crippen molar-refractivity contribution in [1.82, 2.24) is 10.2 Å². The van der Waals surface area contributed by atoms with Crippen molar-refractivity contribution in [3.05, 3.63) is 59.7 Å². The molecule has 0 spiro atoms. The second-order valence-corrected chi connectivity index (χ2v) is 9.48. The molecular formula is C28H34N2O5. The maximum Gasteiger partial charge on any atom is 0.407 e. The number of carbonyl (C=O) groups is 3. The standard InChI is InChI=1S/C28H34N2O5/c1-3-28(4-2)16-9-17-30(28)26(33)24(14-15-25(31)32)29-27(34)35-18-23-21-12-7-5-10-19(21)20-11-6-8-13-22(20)23/h5-8,10-13,23-24H,3-4,9,14-18H2,1-2H3,(H,29,34)(H,31,32). The average molecular weight is 479 g/mol. The van der Waals surface area contributed by atoms with E-state index in [-0.39, 0.29) is 36.8 Å². The van der Waals surface area contributed by atoms with E-state index in [0.29, 0.717) is 6.54 Å². The summed E-state index contributed by atoms with van der Waals surface area (Å²) in [6.07, 6.45) is 2.59. The first-order valence-corrected chi connectivity index (χ1v) is 12.5. The molecule has 1 aliphatic heterocycles. The predicted octanol–water partition coefficient (Wildman–Crippen LogP) is 4.94. The highest BCUT2D eigenvalue weighted by Crippen LogP contribution is 2.44. The van der Waals surface area contributed by atoms with Gasteiger partial charge in [0.1, 0.15) is 12.6 Å². The van der Waals surface area contributed by atoms with E-state index < -0.39 is 18.1 Å². The van der Waals surface area contributed by atoms with Crippen molar-refractivity contribution < 1.29 is 24.2 Å². The SMILES string of the molecule is CCC1(CC)CCCN1C(=O)C(CCC(=O)O)NC(=O)OCC1c2ccccc2-c2ccccc21. The second-order valence-electron chi connectivity index (χ2n) is 9.48. The molecule has 0 bridgehead atoms. The molecule has 2 aromatic rings. The predicted molar refractivity (Wildman–Crippen MR) is 133 cm³/mol. The van der Waals surface area contributed by atoms with E-state index in [0.717, 1.165) is 47.9 Å². The zero-order chi connectivity index (χ0) is 25.0. The third-order valence-electron chi connectivity index (χ3n) is 7.76. The van der Waals surface area contributed by atoms with Gasteiger partial charge in [-0.05, 0) is 54.4 Å². The van der Waals surface area contributed by atoms with E-state index in [1.165, 1.54) is 0 Å². The van der Waals surface area contributed by atoms with Crippen molar-refractivity contribution >= 4 is 18.0 Å². The van der Waals surface area contributed by atoms with Crippen LogP contribution in [0.15, 0.2) is 48.5 Å². The first-order valence-electron chi connectivity index (χ1n) is 12.5. The quantitative estimate of drug-likeness (QED) is 0.532. The maximum atomic E-state index is 13.5. The van der Waals surface area contributed by atoms with Gasteiger partial charge in [0.25, 0.3) is 0 Å². The summed E-state index contributed by atoms with van der Waals surface area (Å²) in [5, 5.41) is 11.9. The Kier molecular flexibility index (Phi) is 7.43. The van der Waals surface area contributed by atoms with Crippen LogP contribution in [0.2, 0.25) is 0 Å². The summed E-state index contributed by atoms with van der Waals surface area (Å²) in [5.41, 5.74) is 4.24. The van der Waals surface area contributed by atoms with Crippen LogP contribution in [-0.2, 0) is 14.3 Å². The number of hydrogen-bond acceptors (Lipinski definition) is 4. The molecule has 1 fully saturated rings. The Bertz CT molecular complexity index is 1050. The number of fused-ring (bicyclic) bond motifs is 3. The Hall–Kier alpha value is -3.35. The first kappa shape index (κ1) is 24.8. The number of benzene rings is 2. The summed E-state index contributed by atoms with van der Waals surface area (Å²) < 4.78 is 5.63. The number of nitrogens with one attached hydrogen (secondary N) is 1. The van der Waals surface area contributed by atoms with Crippen molar-refractivity contribution in [1.29, 1.82) is 0 Å². The largest absolute Gasteiger partial charge is 0.481 e. The minimum Gasteiger partial charge on any atom is -0.481 e. The van der Waals surface area contributed by atoms with Crippen molar-refractivity contribution in [2.24, 2.45) is 0 Å². The molecule has 7 heteroatoms. The van der Waals surface area contributed by atoms with Crippen LogP contribution in [-0.4, -0.2) is 52.7 Å². The van der Waals surface area contributed by atoms with Gasteiger partial charge in [-0.25, -0.2) is 4.79 Å². The molecule has 35 heavy (non-hydrogen) atoms. The van der Waals surface area contributed by atoms with Crippen LogP contribution < -0.4 is 5.32 Å². The third kappa shape index (κ3) is 4.90. The number of amides is 2. The maximum absolute atomic E-state index is 13.5. The van der Waals surface area contributed by atoms with Crippen molar-refractivity contribution in [2.45, 2.75) is 69.9 Å². The van der Waals surface area contributed by atoms with Gasteiger partial charge in [-0.2, -0.15) is 0 Å². The molecule has 1 atom stereocenters. The first-order chi connectivity index (χ1) is 16.9. The Morgan fingerprint density at radius 1 is 1.06 bits per heavy atom. The Morgan fingerprint density at radius 3 is 2.23 bits per heavy atom. The summed E-state index contributed by atoms with van der Waals surface area (Å²) in [4.78, 5) is 39.4. The lowest BCUT2D eigenvalue weighted by molar-refractivity contribution is -0.139. The lowest BCUT2D eigenvalue weighted by Gasteiger charge is -2.39. The minimum absolute atomic E-state index is 0.0262. The topological polar surface area (TPSA) is 95.9 Å². The number of hydrogen-bond donors (Lipinski definition) is 2. The van der Waals surface area contributed by atoms with Crippen molar-refractivity contribution in [2.75, 3.05) is 13.2 Å². The number of carbonyl (C=O) groups excluding carboxylic acids is 2. The van der Waals surface area contributed by atoms with Gasteiger partial charge < -0.3 is 20.1 Å². The number of likely N-dealkylation sites (tertiary alicyclic amines) is 1. The number of carboxylic acids is 1. The van der Waals surface area contributed by atoms with Gasteiger partial charge in [0, 0.05) is 24.4 Å². The number of rotatable bonds is 9. The number of aliphatic carboxylic acids is 1. The normalized spacial score (nSPS) is 16.9. The molecular weight excluding hydrogens is 444 g/mol. The molecule has 4 rings (SSSR count). The molecule has 7 nitrogen and oxygen atoms in total. The number of alkyl carbamates (subject to hydrolysis) is 1. The molecule has 2 aliphatic rings. The van der Waals surface area contributed by atoms with Gasteiger partial charge in [0.15, 0.2) is 0 Å². The summed E-state index contributed by atoms with van der Waals surface area (Å²) in [6.45, 7) is 4.90. The van der Waals surface area contributed by atoms with Gasteiger partial charge in [-0.1, -0.05) is 62.4 Å². The number of nitrogens with zero attached hydrogens (tertiary/aromatic N) is 1. The van der Waals surface area contributed by atoms with Crippen molar-refractivity contribution in [3.8, 4) is 11.1 Å². The van der Waals surface area contributed by atoms with E-state index in [1.54, 1.807) is 0 Å². The highest BCUT2D eigenvalue weighted by molar-refractivity contribution is 5.87. The van der Waals surface area contributed by atoms with E-state index in [9.17, 15) is 19.5 Å². The van der Waals surface area contributed by atoms with Crippen molar-refractivity contribution in [3.63, 3.8) is 0 Å².